The lowest BCUT2D eigenvalue weighted by molar-refractivity contribution is -0.122. The Kier molecular flexibility index (Phi) is 20.5. The second-order valence-electron chi connectivity index (χ2n) is 10.1. The molecule has 226 valence electrons. The molecular weight excluding hydrogens is 508 g/mol. The largest absolute Gasteiger partial charge is 0.372 e. The summed E-state index contributed by atoms with van der Waals surface area (Å²) in [5.41, 5.74) is 15.9. The van der Waals surface area contributed by atoms with E-state index < -0.39 is 6.04 Å². The summed E-state index contributed by atoms with van der Waals surface area (Å²) in [6.07, 6.45) is 16.8. The molecule has 6 nitrogen and oxygen atoms in total. The molecule has 0 saturated heterocycles. The fourth-order valence-electron chi connectivity index (χ4n) is 4.91. The van der Waals surface area contributed by atoms with Crippen molar-refractivity contribution < 1.29 is 9.59 Å². The highest BCUT2D eigenvalue weighted by atomic mass is 16.2. The molecule has 4 rings (SSSR count). The molecule has 2 amide bonds. The maximum Gasteiger partial charge on any atom is 0.236 e. The van der Waals surface area contributed by atoms with Gasteiger partial charge in [-0.2, -0.15) is 0 Å². The molecule has 0 saturated carbocycles. The van der Waals surface area contributed by atoms with E-state index in [1.54, 1.807) is 0 Å². The highest BCUT2D eigenvalue weighted by Crippen LogP contribution is 2.29. The smallest absolute Gasteiger partial charge is 0.236 e. The van der Waals surface area contributed by atoms with Crippen molar-refractivity contribution in [3.8, 4) is 0 Å². The van der Waals surface area contributed by atoms with Gasteiger partial charge in [0.25, 0.3) is 0 Å². The third-order valence-electron chi connectivity index (χ3n) is 7.10. The van der Waals surface area contributed by atoms with Crippen molar-refractivity contribution in [2.75, 3.05) is 13.1 Å². The number of unbranched alkanes of at least 4 members (excludes halogenated alkanes) is 2. The lowest BCUT2D eigenvalue weighted by Crippen LogP contribution is -2.42. The summed E-state index contributed by atoms with van der Waals surface area (Å²) in [5.74, 6) is 0.192. The standard InChI is InChI=1S/C22H32N2O.C10H13N.C2H6.CH3NO/c1-2-3-7-16-21(23)22(25)24-17-20(19-14-10-6-11-15-19)18-12-8-4-5-9-13-18;1-2-5-10-8-11-7-3-6-9(10)4-1;1-2;2-1-3/h4,6,8,10-12,14-15,20-21H,2-3,5,7,9,13,16-17,23H2,1H3,(H,24,25);1-2,4-5,11H,3,6-8H2;1-2H3;1H,(H2,2,3). The molecule has 0 bridgehead atoms. The molecule has 2 aliphatic rings. The van der Waals surface area contributed by atoms with Crippen LogP contribution in [0.25, 0.3) is 0 Å². The lowest BCUT2D eigenvalue weighted by atomic mass is 9.88. The van der Waals surface area contributed by atoms with E-state index in [1.165, 1.54) is 35.1 Å². The number of fused-ring (bicyclic) bond motifs is 1. The van der Waals surface area contributed by atoms with Crippen LogP contribution in [0.3, 0.4) is 0 Å². The van der Waals surface area contributed by atoms with Gasteiger partial charge in [-0.05, 0) is 61.8 Å². The van der Waals surface area contributed by atoms with Gasteiger partial charge in [0.2, 0.25) is 12.3 Å². The zero-order valence-electron chi connectivity index (χ0n) is 25.6. The maximum atomic E-state index is 12.4. The van der Waals surface area contributed by atoms with Gasteiger partial charge < -0.3 is 22.1 Å². The van der Waals surface area contributed by atoms with Gasteiger partial charge in [0, 0.05) is 19.0 Å². The number of allylic oxidation sites excluding steroid dienone is 3. The first kappa shape index (κ1) is 35.8. The summed E-state index contributed by atoms with van der Waals surface area (Å²) in [5, 5.41) is 6.50. The van der Waals surface area contributed by atoms with E-state index in [1.807, 2.05) is 19.9 Å². The molecule has 2 atom stereocenters. The topological polar surface area (TPSA) is 110 Å². The van der Waals surface area contributed by atoms with Gasteiger partial charge in [-0.15, -0.1) is 0 Å². The van der Waals surface area contributed by atoms with Crippen molar-refractivity contribution in [1.29, 1.82) is 0 Å². The van der Waals surface area contributed by atoms with Gasteiger partial charge >= 0.3 is 0 Å². The first-order chi connectivity index (χ1) is 20.1. The predicted octanol–water partition coefficient (Wildman–Crippen LogP) is 6.31. The van der Waals surface area contributed by atoms with Crippen LogP contribution in [0.4, 0.5) is 0 Å². The number of hydrogen-bond donors (Lipinski definition) is 4. The molecule has 0 fully saturated rings. The highest BCUT2D eigenvalue weighted by molar-refractivity contribution is 5.81. The van der Waals surface area contributed by atoms with Gasteiger partial charge in [-0.1, -0.05) is 118 Å². The molecule has 1 aliphatic heterocycles. The number of carbonyl (C=O) groups is 2. The van der Waals surface area contributed by atoms with Gasteiger partial charge in [0.1, 0.15) is 0 Å². The number of nitrogens with two attached hydrogens (primary N) is 2. The number of nitrogens with one attached hydrogen (secondary N) is 2. The molecule has 6 N–H and O–H groups in total. The van der Waals surface area contributed by atoms with Crippen LogP contribution >= 0.6 is 0 Å². The van der Waals surface area contributed by atoms with Gasteiger partial charge in [-0.25, -0.2) is 0 Å². The number of carbonyl (C=O) groups excluding carboxylic acids is 2. The van der Waals surface area contributed by atoms with E-state index >= 15 is 0 Å². The molecule has 41 heavy (non-hydrogen) atoms. The Balaban J connectivity index is 0.000000431. The molecular formula is C35H54N4O2. The Morgan fingerprint density at radius 1 is 1.00 bits per heavy atom. The van der Waals surface area contributed by atoms with Crippen LogP contribution in [0.2, 0.25) is 0 Å². The van der Waals surface area contributed by atoms with E-state index in [0.29, 0.717) is 6.54 Å². The Bertz CT molecular complexity index is 995. The Morgan fingerprint density at radius 2 is 1.68 bits per heavy atom. The van der Waals surface area contributed by atoms with Crippen molar-refractivity contribution in [2.24, 2.45) is 11.5 Å². The lowest BCUT2D eigenvalue weighted by Gasteiger charge is -2.22. The second-order valence-corrected chi connectivity index (χ2v) is 10.1. The van der Waals surface area contributed by atoms with E-state index in [0.717, 1.165) is 58.0 Å². The summed E-state index contributed by atoms with van der Waals surface area (Å²) in [4.78, 5) is 20.9. The third kappa shape index (κ3) is 14.8. The quantitative estimate of drug-likeness (QED) is 0.212. The van der Waals surface area contributed by atoms with Gasteiger partial charge in [-0.3, -0.25) is 9.59 Å². The van der Waals surface area contributed by atoms with Crippen LogP contribution in [0.15, 0.2) is 78.4 Å². The first-order valence-electron chi connectivity index (χ1n) is 15.5. The summed E-state index contributed by atoms with van der Waals surface area (Å²) in [6, 6.07) is 18.8. The van der Waals surface area contributed by atoms with Crippen molar-refractivity contribution in [1.82, 2.24) is 10.6 Å². The van der Waals surface area contributed by atoms with Crippen molar-refractivity contribution >= 4 is 12.3 Å². The molecule has 1 heterocycles. The Morgan fingerprint density at radius 3 is 2.39 bits per heavy atom. The molecule has 2 aromatic carbocycles. The maximum absolute atomic E-state index is 12.4. The van der Waals surface area contributed by atoms with Crippen LogP contribution in [0, 0.1) is 0 Å². The monoisotopic (exact) mass is 562 g/mol. The summed E-state index contributed by atoms with van der Waals surface area (Å²) in [7, 11) is 0. The van der Waals surface area contributed by atoms with Crippen LogP contribution < -0.4 is 22.1 Å². The number of primary amides is 1. The van der Waals surface area contributed by atoms with E-state index in [2.05, 4.69) is 90.0 Å². The fraction of sp³-hybridized carbons (Fsp3) is 0.486. The van der Waals surface area contributed by atoms with Gasteiger partial charge in [0.05, 0.1) is 6.04 Å². The van der Waals surface area contributed by atoms with E-state index in [4.69, 9.17) is 10.5 Å². The molecule has 6 heteroatoms. The van der Waals surface area contributed by atoms with Crippen molar-refractivity contribution in [3.63, 3.8) is 0 Å². The Hall–Kier alpha value is -3.22. The minimum Gasteiger partial charge on any atom is -0.372 e. The number of rotatable bonds is 9. The SMILES string of the molecule is CC.CCCCCC(N)C(=O)NCC(C1=CC=CCCC1)c1ccccc1.NC=O.c1ccc2c(c1)CCCNC2. The van der Waals surface area contributed by atoms with Crippen LogP contribution in [-0.2, 0) is 22.6 Å². The van der Waals surface area contributed by atoms with Crippen molar-refractivity contribution in [2.45, 2.75) is 97.1 Å². The molecule has 1 aliphatic carbocycles. The van der Waals surface area contributed by atoms with Crippen LogP contribution in [0.1, 0.15) is 94.7 Å². The molecule has 2 aromatic rings. The third-order valence-corrected chi connectivity index (χ3v) is 7.10. The van der Waals surface area contributed by atoms with E-state index in [9.17, 15) is 4.79 Å². The molecule has 0 aromatic heterocycles. The van der Waals surface area contributed by atoms with Crippen LogP contribution in [0.5, 0.6) is 0 Å². The molecule has 0 radical (unpaired) electrons. The summed E-state index contributed by atoms with van der Waals surface area (Å²) in [6.45, 7) is 8.99. The number of aryl methyl sites for hydroxylation is 1. The zero-order valence-corrected chi connectivity index (χ0v) is 25.6. The van der Waals surface area contributed by atoms with E-state index in [-0.39, 0.29) is 18.2 Å². The average molecular weight is 563 g/mol. The van der Waals surface area contributed by atoms with Gasteiger partial charge in [0.15, 0.2) is 0 Å². The number of amides is 2. The summed E-state index contributed by atoms with van der Waals surface area (Å²) >= 11 is 0. The molecule has 2 unspecified atom stereocenters. The average Bonchev–Trinajstić information content (AvgIpc) is 3.43. The zero-order chi connectivity index (χ0) is 30.1. The predicted molar refractivity (Wildman–Crippen MR) is 173 cm³/mol. The minimum atomic E-state index is -0.397. The first-order valence-corrected chi connectivity index (χ1v) is 15.5. The Labute approximate surface area is 249 Å². The number of benzene rings is 2. The highest BCUT2D eigenvalue weighted by Gasteiger charge is 2.20. The van der Waals surface area contributed by atoms with Crippen LogP contribution in [-0.4, -0.2) is 31.4 Å². The summed E-state index contributed by atoms with van der Waals surface area (Å²) < 4.78 is 0. The normalized spacial score (nSPS) is 15.2. The number of hydrogen-bond acceptors (Lipinski definition) is 4. The second kappa shape index (κ2) is 23.5. The molecule has 0 spiro atoms. The minimum absolute atomic E-state index is 0.0261. The fourth-order valence-corrected chi connectivity index (χ4v) is 4.91. The van der Waals surface area contributed by atoms with Crippen molar-refractivity contribution in [3.05, 3.63) is 95.1 Å².